The molecule has 0 saturated heterocycles. The monoisotopic (exact) mass is 322 g/mol. The van der Waals surface area contributed by atoms with Crippen LogP contribution in [0.2, 0.25) is 0 Å². The summed E-state index contributed by atoms with van der Waals surface area (Å²) in [6.07, 6.45) is 17.6. The molecule has 2 aliphatic carbocycles. The summed E-state index contributed by atoms with van der Waals surface area (Å²) < 4.78 is 0. The van der Waals surface area contributed by atoms with Gasteiger partial charge in [-0.3, -0.25) is 0 Å². The van der Waals surface area contributed by atoms with Crippen LogP contribution in [0, 0.1) is 17.8 Å². The van der Waals surface area contributed by atoms with Crippen LogP contribution in [0.1, 0.15) is 74.8 Å². The highest BCUT2D eigenvalue weighted by atomic mass is 14.4. The van der Waals surface area contributed by atoms with Gasteiger partial charge < -0.3 is 0 Å². The van der Waals surface area contributed by atoms with Crippen LogP contribution >= 0.6 is 0 Å². The molecule has 3 rings (SSSR count). The van der Waals surface area contributed by atoms with Gasteiger partial charge in [-0.15, -0.1) is 13.2 Å². The van der Waals surface area contributed by atoms with E-state index < -0.39 is 0 Å². The van der Waals surface area contributed by atoms with Crippen LogP contribution in [0.15, 0.2) is 49.6 Å². The number of hydrogen-bond donors (Lipinski definition) is 0. The molecule has 2 fully saturated rings. The molecule has 1 aromatic carbocycles. The average Bonchev–Trinajstić information content (AvgIpc) is 2.64. The fourth-order valence-corrected chi connectivity index (χ4v) is 5.13. The molecule has 0 heterocycles. The third-order valence-electron chi connectivity index (χ3n) is 6.59. The van der Waals surface area contributed by atoms with Crippen LogP contribution in [0.5, 0.6) is 0 Å². The zero-order valence-electron chi connectivity index (χ0n) is 15.3. The maximum Gasteiger partial charge on any atom is -0.0159 e. The molecule has 1 aromatic rings. The van der Waals surface area contributed by atoms with Crippen LogP contribution < -0.4 is 0 Å². The molecule has 0 aliphatic heterocycles. The summed E-state index contributed by atoms with van der Waals surface area (Å²) in [7, 11) is 0. The van der Waals surface area contributed by atoms with Gasteiger partial charge in [0.2, 0.25) is 0 Å². The van der Waals surface area contributed by atoms with Gasteiger partial charge in [0.05, 0.1) is 0 Å². The zero-order chi connectivity index (χ0) is 16.8. The number of hydrogen-bond acceptors (Lipinski definition) is 0. The Balaban J connectivity index is 1.54. The third kappa shape index (κ3) is 4.41. The van der Waals surface area contributed by atoms with Crippen molar-refractivity contribution in [1.29, 1.82) is 0 Å². The zero-order valence-corrected chi connectivity index (χ0v) is 15.3. The van der Waals surface area contributed by atoms with Gasteiger partial charge in [0, 0.05) is 0 Å². The lowest BCUT2D eigenvalue weighted by atomic mass is 9.63. The predicted octanol–water partition coefficient (Wildman–Crippen LogP) is 7.07. The minimum atomic E-state index is 0.810. The Bertz CT molecular complexity index is 523. The summed E-state index contributed by atoms with van der Waals surface area (Å²) in [5, 5.41) is 0. The van der Waals surface area contributed by atoms with E-state index in [2.05, 4.69) is 43.5 Å². The Morgan fingerprint density at radius 3 is 2.29 bits per heavy atom. The normalized spacial score (nSPS) is 29.7. The molecule has 0 heteroatoms. The second-order valence-electron chi connectivity index (χ2n) is 8.14. The predicted molar refractivity (Wildman–Crippen MR) is 105 cm³/mol. The van der Waals surface area contributed by atoms with Gasteiger partial charge in [-0.1, -0.05) is 42.8 Å². The lowest BCUT2D eigenvalue weighted by molar-refractivity contribution is 0.115. The molecule has 2 saturated carbocycles. The van der Waals surface area contributed by atoms with Gasteiger partial charge in [0.15, 0.2) is 0 Å². The number of allylic oxidation sites excluding steroid dienone is 2. The van der Waals surface area contributed by atoms with Crippen LogP contribution in [0.3, 0.4) is 0 Å². The molecule has 0 amide bonds. The van der Waals surface area contributed by atoms with E-state index in [1.54, 1.807) is 5.56 Å². The summed E-state index contributed by atoms with van der Waals surface area (Å²) in [4.78, 5) is 0. The first-order chi connectivity index (χ1) is 11.8. The van der Waals surface area contributed by atoms with E-state index in [-0.39, 0.29) is 0 Å². The molecular weight excluding hydrogens is 288 g/mol. The van der Waals surface area contributed by atoms with Crippen LogP contribution in [-0.4, -0.2) is 0 Å². The quantitative estimate of drug-likeness (QED) is 0.471. The summed E-state index contributed by atoms with van der Waals surface area (Å²) in [6, 6.07) is 9.49. The van der Waals surface area contributed by atoms with Crippen molar-refractivity contribution in [3.63, 3.8) is 0 Å². The van der Waals surface area contributed by atoms with E-state index in [0.29, 0.717) is 0 Å². The van der Waals surface area contributed by atoms with Crippen molar-refractivity contribution >= 4 is 0 Å². The summed E-state index contributed by atoms with van der Waals surface area (Å²) in [5.41, 5.74) is 3.04. The molecule has 4 unspecified atom stereocenters. The van der Waals surface area contributed by atoms with E-state index in [0.717, 1.165) is 36.5 Å². The fraction of sp³-hybridized carbons (Fsp3) is 0.583. The van der Waals surface area contributed by atoms with Crippen molar-refractivity contribution in [1.82, 2.24) is 0 Å². The molecule has 0 nitrogen and oxygen atoms in total. The first-order valence-electron chi connectivity index (χ1n) is 10.1. The average molecular weight is 323 g/mol. The molecule has 0 N–H and O–H groups in total. The summed E-state index contributed by atoms with van der Waals surface area (Å²) >= 11 is 0. The maximum atomic E-state index is 3.89. The van der Waals surface area contributed by atoms with Crippen molar-refractivity contribution < 1.29 is 0 Å². The molecule has 4 atom stereocenters. The maximum absolute atomic E-state index is 3.89. The van der Waals surface area contributed by atoms with Gasteiger partial charge >= 0.3 is 0 Å². The van der Waals surface area contributed by atoms with Crippen molar-refractivity contribution in [3.05, 3.63) is 60.7 Å². The van der Waals surface area contributed by atoms with Gasteiger partial charge in [0.1, 0.15) is 0 Å². The van der Waals surface area contributed by atoms with Gasteiger partial charge in [-0.25, -0.2) is 0 Å². The second kappa shape index (κ2) is 8.70. The minimum absolute atomic E-state index is 0.810. The number of rotatable bonds is 7. The van der Waals surface area contributed by atoms with Crippen LogP contribution in [0.25, 0.3) is 0 Å². The lowest BCUT2D eigenvalue weighted by Gasteiger charge is -2.42. The Morgan fingerprint density at radius 1 is 0.833 bits per heavy atom. The van der Waals surface area contributed by atoms with E-state index in [1.165, 1.54) is 56.9 Å². The molecule has 0 aromatic heterocycles. The highest BCUT2D eigenvalue weighted by Crippen LogP contribution is 2.48. The first kappa shape index (κ1) is 17.5. The Kier molecular flexibility index (Phi) is 6.35. The lowest BCUT2D eigenvalue weighted by Crippen LogP contribution is -2.30. The molecule has 130 valence electrons. The smallest absolute Gasteiger partial charge is 0.0159 e. The SMILES string of the molecule is C=CCCc1ccc(C2CCC3CC(CCC=C)CCC3C2)cc1. The van der Waals surface area contributed by atoms with E-state index in [1.807, 2.05) is 6.08 Å². The fourth-order valence-electron chi connectivity index (χ4n) is 5.13. The Labute approximate surface area is 149 Å². The molecule has 0 radical (unpaired) electrons. The molecule has 0 spiro atoms. The standard InChI is InChI=1S/C24H34/c1-3-5-7-19-9-12-21(13-10-19)23-16-15-22-17-20(8-6-4-2)11-14-24(22)18-23/h3-4,9-10,12-13,20,22-24H,1-2,5-8,11,14-18H2. The molecule has 2 aliphatic rings. The van der Waals surface area contributed by atoms with Gasteiger partial charge in [-0.05, 0) is 92.6 Å². The Hall–Kier alpha value is -1.30. The van der Waals surface area contributed by atoms with Crippen molar-refractivity contribution in [3.8, 4) is 0 Å². The van der Waals surface area contributed by atoms with Crippen molar-refractivity contribution in [2.75, 3.05) is 0 Å². The second-order valence-corrected chi connectivity index (χ2v) is 8.14. The number of fused-ring (bicyclic) bond motifs is 1. The Morgan fingerprint density at radius 2 is 1.54 bits per heavy atom. The third-order valence-corrected chi connectivity index (χ3v) is 6.59. The van der Waals surface area contributed by atoms with Gasteiger partial charge in [0.25, 0.3) is 0 Å². The van der Waals surface area contributed by atoms with E-state index in [4.69, 9.17) is 0 Å². The first-order valence-corrected chi connectivity index (χ1v) is 10.1. The molecular formula is C24H34. The molecule has 24 heavy (non-hydrogen) atoms. The van der Waals surface area contributed by atoms with Crippen LogP contribution in [-0.2, 0) is 6.42 Å². The topological polar surface area (TPSA) is 0 Å². The van der Waals surface area contributed by atoms with E-state index >= 15 is 0 Å². The number of benzene rings is 1. The summed E-state index contributed by atoms with van der Waals surface area (Å²) in [5.74, 6) is 3.79. The highest BCUT2D eigenvalue weighted by molar-refractivity contribution is 5.26. The van der Waals surface area contributed by atoms with Crippen LogP contribution in [0.4, 0.5) is 0 Å². The van der Waals surface area contributed by atoms with E-state index in [9.17, 15) is 0 Å². The van der Waals surface area contributed by atoms with Gasteiger partial charge in [-0.2, -0.15) is 0 Å². The summed E-state index contributed by atoms with van der Waals surface area (Å²) in [6.45, 7) is 7.71. The minimum Gasteiger partial charge on any atom is -0.103 e. The highest BCUT2D eigenvalue weighted by Gasteiger charge is 2.35. The van der Waals surface area contributed by atoms with Crippen molar-refractivity contribution in [2.45, 2.75) is 70.1 Å². The largest absolute Gasteiger partial charge is 0.103 e. The van der Waals surface area contributed by atoms with Crippen molar-refractivity contribution in [2.24, 2.45) is 17.8 Å². The molecule has 0 bridgehead atoms. The number of aryl methyl sites for hydroxylation is 1.